The van der Waals surface area contributed by atoms with E-state index in [0.29, 0.717) is 0 Å². The third-order valence-corrected chi connectivity index (χ3v) is 13.6. The minimum Gasteiger partial charge on any atom is -0.137 e. The maximum absolute atomic E-state index is 3.91. The van der Waals surface area contributed by atoms with Gasteiger partial charge < -0.3 is 0 Å². The van der Waals surface area contributed by atoms with Gasteiger partial charge in [-0.3, -0.25) is 0 Å². The number of fused-ring (bicyclic) bond motifs is 4. The van der Waals surface area contributed by atoms with Crippen molar-refractivity contribution in [1.82, 2.24) is 0 Å². The van der Waals surface area contributed by atoms with Crippen LogP contribution < -0.4 is 0 Å². The van der Waals surface area contributed by atoms with E-state index in [2.05, 4.69) is 206 Å². The van der Waals surface area contributed by atoms with Crippen molar-refractivity contribution in [2.45, 2.75) is 23.7 Å². The van der Waals surface area contributed by atoms with Gasteiger partial charge in [-0.2, -0.15) is 0 Å². The highest BCUT2D eigenvalue weighted by molar-refractivity contribution is 7.22. The van der Waals surface area contributed by atoms with Crippen LogP contribution in [0, 0.1) is 23.7 Å². The van der Waals surface area contributed by atoms with E-state index >= 15 is 0 Å². The Bertz CT molecular complexity index is 2510. The van der Waals surface area contributed by atoms with E-state index < -0.39 is 10.8 Å². The lowest BCUT2D eigenvalue weighted by molar-refractivity contribution is 0.771. The summed E-state index contributed by atoms with van der Waals surface area (Å²) in [5, 5.41) is 0. The Morgan fingerprint density at radius 1 is 0.333 bits per heavy atom. The minimum atomic E-state index is -0.603. The second-order valence-electron chi connectivity index (χ2n) is 14.0. The first-order valence-corrected chi connectivity index (χ1v) is 20.1. The number of hydrogen-bond acceptors (Lipinski definition) is 2. The molecule has 10 rings (SSSR count). The molecule has 0 unspecified atom stereocenters. The molecule has 0 N–H and O–H groups in total. The topological polar surface area (TPSA) is 0 Å². The lowest BCUT2D eigenvalue weighted by Crippen LogP contribution is -2.32. The average molecular weight is 723 g/mol. The van der Waals surface area contributed by atoms with Crippen molar-refractivity contribution in [3.8, 4) is 33.4 Å². The Morgan fingerprint density at radius 3 is 1.00 bits per heavy atom. The summed E-state index contributed by atoms with van der Waals surface area (Å²) in [5.74, 6) is 15.1. The smallest absolute Gasteiger partial charge is 0.116 e. The van der Waals surface area contributed by atoms with E-state index in [1.54, 1.807) is 0 Å². The molecule has 0 nitrogen and oxygen atoms in total. The van der Waals surface area contributed by atoms with Gasteiger partial charge >= 0.3 is 0 Å². The standard InChI is InChI=1S/C52H34S2/c1-3-15-37(16-4-1)31-33-51(43-23-11-7-19-39(43)35-40-20-8-12-24-44(40)51)49-29-27-47(53-49)48-28-30-50(54-48)52(34-32-38-17-5-2-6-18-38)45-25-13-9-21-41(45)36-42-22-10-14-26-46(42)52/h1-30H,35-36H2. The molecule has 0 amide bonds. The first-order valence-electron chi connectivity index (χ1n) is 18.4. The molecular formula is C52H34S2. The number of thiophene rings is 2. The van der Waals surface area contributed by atoms with Crippen molar-refractivity contribution in [3.05, 3.63) is 247 Å². The molecule has 0 bridgehead atoms. The summed E-state index contributed by atoms with van der Waals surface area (Å²) in [6, 6.07) is 65.7. The average Bonchev–Trinajstić information content (AvgIpc) is 3.94. The van der Waals surface area contributed by atoms with Crippen LogP contribution in [-0.2, 0) is 23.7 Å². The Hall–Kier alpha value is -6.16. The minimum absolute atomic E-state index is 0.603. The SMILES string of the molecule is C(#CC1(c2ccc(-c3ccc(C4(C#Cc5ccccc5)c5ccccc5Cc5ccccc54)s3)s2)c2ccccc2Cc2ccccc21)c1ccccc1. The van der Waals surface area contributed by atoms with E-state index in [9.17, 15) is 0 Å². The molecule has 54 heavy (non-hydrogen) atoms. The van der Waals surface area contributed by atoms with E-state index in [1.165, 1.54) is 64.0 Å². The van der Waals surface area contributed by atoms with Crippen LogP contribution in [-0.4, -0.2) is 0 Å². The summed E-state index contributed by atoms with van der Waals surface area (Å²) in [6.07, 6.45) is 1.81. The van der Waals surface area contributed by atoms with E-state index in [1.807, 2.05) is 22.7 Å². The Morgan fingerprint density at radius 2 is 0.648 bits per heavy atom. The summed E-state index contributed by atoms with van der Waals surface area (Å²) >= 11 is 3.73. The molecule has 2 aliphatic rings. The van der Waals surface area contributed by atoms with Crippen LogP contribution in [0.1, 0.15) is 65.4 Å². The first-order chi connectivity index (χ1) is 26.7. The lowest BCUT2D eigenvalue weighted by atomic mass is 9.66. The monoisotopic (exact) mass is 722 g/mol. The van der Waals surface area contributed by atoms with Crippen molar-refractivity contribution in [2.24, 2.45) is 0 Å². The van der Waals surface area contributed by atoms with Crippen LogP contribution in [0.3, 0.4) is 0 Å². The van der Waals surface area contributed by atoms with E-state index in [-0.39, 0.29) is 0 Å². The van der Waals surface area contributed by atoms with Gasteiger partial charge in [-0.1, -0.05) is 157 Å². The van der Waals surface area contributed by atoms with Gasteiger partial charge in [0.15, 0.2) is 0 Å². The van der Waals surface area contributed by atoms with E-state index in [0.717, 1.165) is 24.0 Å². The molecule has 2 heteroatoms. The van der Waals surface area contributed by atoms with E-state index in [4.69, 9.17) is 0 Å². The molecule has 0 radical (unpaired) electrons. The van der Waals surface area contributed by atoms with Gasteiger partial charge in [0.05, 0.1) is 0 Å². The predicted octanol–water partition coefficient (Wildman–Crippen LogP) is 12.1. The van der Waals surface area contributed by atoms with Gasteiger partial charge in [0, 0.05) is 30.6 Å². The van der Waals surface area contributed by atoms with Gasteiger partial charge in [-0.25, -0.2) is 0 Å². The van der Waals surface area contributed by atoms with Crippen molar-refractivity contribution in [3.63, 3.8) is 0 Å². The molecule has 0 atom stereocenters. The quantitative estimate of drug-likeness (QED) is 0.159. The van der Waals surface area contributed by atoms with Crippen molar-refractivity contribution < 1.29 is 0 Å². The predicted molar refractivity (Wildman–Crippen MR) is 225 cm³/mol. The molecule has 6 aromatic carbocycles. The second-order valence-corrected chi connectivity index (χ2v) is 16.2. The molecule has 2 aliphatic carbocycles. The maximum Gasteiger partial charge on any atom is 0.116 e. The van der Waals surface area contributed by atoms with Crippen LogP contribution >= 0.6 is 22.7 Å². The van der Waals surface area contributed by atoms with Crippen molar-refractivity contribution in [1.29, 1.82) is 0 Å². The zero-order valence-corrected chi connectivity index (χ0v) is 31.2. The zero-order valence-electron chi connectivity index (χ0n) is 29.6. The van der Waals surface area contributed by atoms with Gasteiger partial charge in [0.25, 0.3) is 0 Å². The van der Waals surface area contributed by atoms with Crippen LogP contribution in [0.15, 0.2) is 182 Å². The van der Waals surface area contributed by atoms with Gasteiger partial charge in [-0.15, -0.1) is 22.7 Å². The van der Waals surface area contributed by atoms with Crippen LogP contribution in [0.4, 0.5) is 0 Å². The number of hydrogen-bond donors (Lipinski definition) is 0. The molecule has 0 spiro atoms. The molecule has 0 saturated heterocycles. The summed E-state index contributed by atoms with van der Waals surface area (Å²) in [5.41, 5.74) is 11.3. The number of rotatable bonds is 3. The highest BCUT2D eigenvalue weighted by Gasteiger charge is 2.44. The first kappa shape index (κ1) is 32.5. The largest absolute Gasteiger partial charge is 0.137 e. The summed E-state index contributed by atoms with van der Waals surface area (Å²) in [7, 11) is 0. The van der Waals surface area contributed by atoms with Gasteiger partial charge in [0.1, 0.15) is 10.8 Å². The van der Waals surface area contributed by atoms with Crippen molar-refractivity contribution in [2.75, 3.05) is 0 Å². The molecule has 254 valence electrons. The molecule has 0 aliphatic heterocycles. The summed E-state index contributed by atoms with van der Waals surface area (Å²) in [4.78, 5) is 4.96. The lowest BCUT2D eigenvalue weighted by Gasteiger charge is -2.37. The molecule has 2 heterocycles. The zero-order chi connectivity index (χ0) is 36.0. The number of benzene rings is 6. The summed E-state index contributed by atoms with van der Waals surface area (Å²) in [6.45, 7) is 0. The third kappa shape index (κ3) is 5.30. The fourth-order valence-corrected chi connectivity index (χ4v) is 11.0. The fourth-order valence-electron chi connectivity index (χ4n) is 8.50. The van der Waals surface area contributed by atoms with Crippen molar-refractivity contribution >= 4 is 22.7 Å². The molecule has 0 saturated carbocycles. The maximum atomic E-state index is 3.91. The third-order valence-electron chi connectivity index (χ3n) is 11.0. The molecular weight excluding hydrogens is 689 g/mol. The van der Waals surface area contributed by atoms with Crippen LogP contribution in [0.25, 0.3) is 9.75 Å². The normalized spacial score (nSPS) is 14.1. The summed E-state index contributed by atoms with van der Waals surface area (Å²) < 4.78 is 0. The van der Waals surface area contributed by atoms with Crippen LogP contribution in [0.5, 0.6) is 0 Å². The van der Waals surface area contributed by atoms with Crippen LogP contribution in [0.2, 0.25) is 0 Å². The Labute approximate surface area is 325 Å². The molecule has 0 fully saturated rings. The highest BCUT2D eigenvalue weighted by Crippen LogP contribution is 2.52. The van der Waals surface area contributed by atoms with Gasteiger partial charge in [-0.05, 0) is 106 Å². The molecule has 8 aromatic rings. The second kappa shape index (κ2) is 13.4. The van der Waals surface area contributed by atoms with Gasteiger partial charge in [0.2, 0.25) is 0 Å². The Kier molecular flexibility index (Phi) is 8.04. The fraction of sp³-hybridized carbons (Fsp3) is 0.0769. The molecule has 2 aromatic heterocycles. The Balaban J connectivity index is 1.16. The highest BCUT2D eigenvalue weighted by atomic mass is 32.1.